The number of hydrogen-bond acceptors (Lipinski definition) is 2. The monoisotopic (exact) mass is 229 g/mol. The number of halogens is 2. The van der Waals surface area contributed by atoms with Crippen LogP contribution in [0.25, 0.3) is 0 Å². The van der Waals surface area contributed by atoms with Crippen molar-refractivity contribution in [2.24, 2.45) is 5.92 Å². The van der Waals surface area contributed by atoms with E-state index in [1.165, 1.54) is 12.1 Å². The second-order valence-electron chi connectivity index (χ2n) is 4.12. The van der Waals surface area contributed by atoms with Gasteiger partial charge in [0.05, 0.1) is 0 Å². The Balaban J connectivity index is 2.62. The highest BCUT2D eigenvalue weighted by molar-refractivity contribution is 5.20. The molecular weight excluding hydrogens is 212 g/mol. The minimum Gasteiger partial charge on any atom is -0.396 e. The third-order valence-electron chi connectivity index (χ3n) is 2.47. The van der Waals surface area contributed by atoms with Crippen LogP contribution in [0.2, 0.25) is 0 Å². The predicted octanol–water partition coefficient (Wildman–Crippen LogP) is 2.24. The van der Waals surface area contributed by atoms with Crippen LogP contribution in [0.4, 0.5) is 8.78 Å². The number of rotatable bonds is 5. The summed E-state index contributed by atoms with van der Waals surface area (Å²) in [7, 11) is 0. The molecule has 1 aromatic rings. The first-order valence-electron chi connectivity index (χ1n) is 5.33. The van der Waals surface area contributed by atoms with Gasteiger partial charge >= 0.3 is 0 Å². The Kier molecular flexibility index (Phi) is 4.83. The van der Waals surface area contributed by atoms with Gasteiger partial charge in [-0.3, -0.25) is 0 Å². The molecule has 16 heavy (non-hydrogen) atoms. The molecule has 0 saturated heterocycles. The van der Waals surface area contributed by atoms with Crippen LogP contribution in [-0.2, 0) is 0 Å². The standard InChI is InChI=1S/C12H17F2NO/c1-8(7-16)6-15-9(2)10-3-11(13)5-12(14)4-10/h3-5,8-9,15-16H,6-7H2,1-2H3. The van der Waals surface area contributed by atoms with E-state index >= 15 is 0 Å². The molecule has 2 N–H and O–H groups in total. The molecule has 0 aliphatic carbocycles. The average molecular weight is 229 g/mol. The lowest BCUT2D eigenvalue weighted by molar-refractivity contribution is 0.231. The zero-order chi connectivity index (χ0) is 12.1. The Bertz CT molecular complexity index is 324. The first kappa shape index (κ1) is 13.1. The van der Waals surface area contributed by atoms with E-state index in [1.807, 2.05) is 13.8 Å². The maximum atomic E-state index is 12.9. The van der Waals surface area contributed by atoms with E-state index in [0.29, 0.717) is 12.1 Å². The fraction of sp³-hybridized carbons (Fsp3) is 0.500. The summed E-state index contributed by atoms with van der Waals surface area (Å²) in [5.74, 6) is -1.02. The van der Waals surface area contributed by atoms with Gasteiger partial charge in [-0.05, 0) is 30.5 Å². The third kappa shape index (κ3) is 3.87. The summed E-state index contributed by atoms with van der Waals surface area (Å²) in [4.78, 5) is 0. The zero-order valence-corrected chi connectivity index (χ0v) is 9.50. The van der Waals surface area contributed by atoms with Crippen molar-refractivity contribution in [2.45, 2.75) is 19.9 Å². The van der Waals surface area contributed by atoms with Crippen LogP contribution in [0.1, 0.15) is 25.5 Å². The Hall–Kier alpha value is -1.00. The summed E-state index contributed by atoms with van der Waals surface area (Å²) in [6, 6.07) is 3.33. The quantitative estimate of drug-likeness (QED) is 0.811. The van der Waals surface area contributed by atoms with Gasteiger partial charge in [0.25, 0.3) is 0 Å². The van der Waals surface area contributed by atoms with Crippen molar-refractivity contribution in [3.05, 3.63) is 35.4 Å². The molecule has 90 valence electrons. The Morgan fingerprint density at radius 2 is 1.75 bits per heavy atom. The van der Waals surface area contributed by atoms with Gasteiger partial charge in [0.2, 0.25) is 0 Å². The summed E-state index contributed by atoms with van der Waals surface area (Å²) in [6.07, 6.45) is 0. The topological polar surface area (TPSA) is 32.3 Å². The Labute approximate surface area is 94.3 Å². The molecule has 2 atom stereocenters. The highest BCUT2D eigenvalue weighted by atomic mass is 19.1. The molecule has 1 rings (SSSR count). The molecule has 0 aliphatic heterocycles. The fourth-order valence-corrected chi connectivity index (χ4v) is 1.39. The van der Waals surface area contributed by atoms with Crippen LogP contribution in [0, 0.1) is 17.6 Å². The molecule has 0 radical (unpaired) electrons. The molecule has 0 aromatic heterocycles. The molecule has 0 aliphatic rings. The van der Waals surface area contributed by atoms with E-state index in [1.54, 1.807) is 0 Å². The number of aliphatic hydroxyl groups excluding tert-OH is 1. The molecule has 0 bridgehead atoms. The molecule has 0 fully saturated rings. The Morgan fingerprint density at radius 3 is 2.25 bits per heavy atom. The van der Waals surface area contributed by atoms with E-state index in [2.05, 4.69) is 5.32 Å². The number of benzene rings is 1. The predicted molar refractivity (Wildman–Crippen MR) is 59.0 cm³/mol. The smallest absolute Gasteiger partial charge is 0.126 e. The second kappa shape index (κ2) is 5.92. The van der Waals surface area contributed by atoms with E-state index < -0.39 is 11.6 Å². The van der Waals surface area contributed by atoms with Gasteiger partial charge in [-0.2, -0.15) is 0 Å². The molecule has 4 heteroatoms. The summed E-state index contributed by atoms with van der Waals surface area (Å²) in [5.41, 5.74) is 0.572. The zero-order valence-electron chi connectivity index (χ0n) is 9.50. The normalized spacial score (nSPS) is 14.8. The summed E-state index contributed by atoms with van der Waals surface area (Å²) in [6.45, 7) is 4.43. The minimum absolute atomic E-state index is 0.0945. The van der Waals surface area contributed by atoms with Crippen LogP contribution in [0.5, 0.6) is 0 Å². The number of hydrogen-bond donors (Lipinski definition) is 2. The average Bonchev–Trinajstić information content (AvgIpc) is 2.23. The molecule has 0 heterocycles. The molecule has 0 saturated carbocycles. The van der Waals surface area contributed by atoms with Crippen LogP contribution in [0.3, 0.4) is 0 Å². The van der Waals surface area contributed by atoms with Crippen molar-refractivity contribution in [3.63, 3.8) is 0 Å². The van der Waals surface area contributed by atoms with Crippen LogP contribution in [0.15, 0.2) is 18.2 Å². The molecule has 2 unspecified atom stereocenters. The van der Waals surface area contributed by atoms with Gasteiger partial charge in [0, 0.05) is 25.3 Å². The molecule has 0 amide bonds. The maximum absolute atomic E-state index is 12.9. The van der Waals surface area contributed by atoms with E-state index in [-0.39, 0.29) is 18.6 Å². The van der Waals surface area contributed by atoms with E-state index in [9.17, 15) is 8.78 Å². The Morgan fingerprint density at radius 1 is 1.19 bits per heavy atom. The lowest BCUT2D eigenvalue weighted by atomic mass is 10.1. The van der Waals surface area contributed by atoms with E-state index in [4.69, 9.17) is 5.11 Å². The third-order valence-corrected chi connectivity index (χ3v) is 2.47. The molecule has 0 spiro atoms. The van der Waals surface area contributed by atoms with Gasteiger partial charge in [0.15, 0.2) is 0 Å². The molecular formula is C12H17F2NO. The van der Waals surface area contributed by atoms with Crippen LogP contribution < -0.4 is 5.32 Å². The lowest BCUT2D eigenvalue weighted by Crippen LogP contribution is -2.26. The fourth-order valence-electron chi connectivity index (χ4n) is 1.39. The summed E-state index contributed by atoms with van der Waals surface area (Å²) >= 11 is 0. The second-order valence-corrected chi connectivity index (χ2v) is 4.12. The number of aliphatic hydroxyl groups is 1. The minimum atomic E-state index is -0.571. The molecule has 2 nitrogen and oxygen atoms in total. The SMILES string of the molecule is CC(CO)CNC(C)c1cc(F)cc(F)c1. The van der Waals surface area contributed by atoms with Crippen molar-refractivity contribution < 1.29 is 13.9 Å². The van der Waals surface area contributed by atoms with Crippen LogP contribution >= 0.6 is 0 Å². The van der Waals surface area contributed by atoms with Crippen molar-refractivity contribution in [1.29, 1.82) is 0 Å². The van der Waals surface area contributed by atoms with Gasteiger partial charge in [-0.1, -0.05) is 6.92 Å². The van der Waals surface area contributed by atoms with Crippen molar-refractivity contribution in [3.8, 4) is 0 Å². The first-order valence-corrected chi connectivity index (χ1v) is 5.33. The van der Waals surface area contributed by atoms with Gasteiger partial charge in [-0.25, -0.2) is 8.78 Å². The van der Waals surface area contributed by atoms with Crippen molar-refractivity contribution >= 4 is 0 Å². The summed E-state index contributed by atoms with van der Waals surface area (Å²) in [5, 5.41) is 12.0. The first-order chi connectivity index (χ1) is 7.52. The lowest BCUT2D eigenvalue weighted by Gasteiger charge is -2.17. The molecule has 1 aromatic carbocycles. The highest BCUT2D eigenvalue weighted by Gasteiger charge is 2.09. The van der Waals surface area contributed by atoms with Crippen molar-refractivity contribution in [1.82, 2.24) is 5.32 Å². The van der Waals surface area contributed by atoms with Gasteiger partial charge in [-0.15, -0.1) is 0 Å². The summed E-state index contributed by atoms with van der Waals surface area (Å²) < 4.78 is 25.9. The van der Waals surface area contributed by atoms with Crippen LogP contribution in [-0.4, -0.2) is 18.3 Å². The number of nitrogens with one attached hydrogen (secondary N) is 1. The van der Waals surface area contributed by atoms with E-state index in [0.717, 1.165) is 6.07 Å². The van der Waals surface area contributed by atoms with Crippen molar-refractivity contribution in [2.75, 3.05) is 13.2 Å². The van der Waals surface area contributed by atoms with Gasteiger partial charge in [0.1, 0.15) is 11.6 Å². The maximum Gasteiger partial charge on any atom is 0.126 e. The van der Waals surface area contributed by atoms with Gasteiger partial charge < -0.3 is 10.4 Å². The largest absolute Gasteiger partial charge is 0.396 e. The highest BCUT2D eigenvalue weighted by Crippen LogP contribution is 2.15.